The first kappa shape index (κ1) is 21.2. The predicted molar refractivity (Wildman–Crippen MR) is 121 cm³/mol. The molecule has 0 amide bonds. The van der Waals surface area contributed by atoms with Crippen LogP contribution in [0.15, 0.2) is 42.5 Å². The van der Waals surface area contributed by atoms with Gasteiger partial charge < -0.3 is 14.6 Å². The Morgan fingerprint density at radius 2 is 1.84 bits per heavy atom. The first-order valence-electron chi connectivity index (χ1n) is 11.7. The smallest absolute Gasteiger partial charge is 0.335 e. The van der Waals surface area contributed by atoms with Crippen LogP contribution in [0.3, 0.4) is 0 Å². The molecule has 1 N–H and O–H groups in total. The second-order valence-electron chi connectivity index (χ2n) is 9.64. The van der Waals surface area contributed by atoms with E-state index >= 15 is 0 Å². The fourth-order valence-corrected chi connectivity index (χ4v) is 6.19. The van der Waals surface area contributed by atoms with Crippen molar-refractivity contribution in [2.24, 2.45) is 11.3 Å². The Morgan fingerprint density at radius 1 is 1.06 bits per heavy atom. The molecule has 4 atom stereocenters. The van der Waals surface area contributed by atoms with Gasteiger partial charge in [0.2, 0.25) is 0 Å². The molecule has 32 heavy (non-hydrogen) atoms. The lowest BCUT2D eigenvalue weighted by Crippen LogP contribution is -2.37. The zero-order valence-electron chi connectivity index (χ0n) is 18.5. The van der Waals surface area contributed by atoms with Crippen LogP contribution in [0.25, 0.3) is 11.1 Å². The van der Waals surface area contributed by atoms with E-state index in [1.165, 1.54) is 12.0 Å². The number of ether oxygens (including phenoxy) is 2. The fraction of sp³-hybridized carbons (Fsp3) is 0.481. The summed E-state index contributed by atoms with van der Waals surface area (Å²) >= 11 is 0. The van der Waals surface area contributed by atoms with Crippen molar-refractivity contribution >= 4 is 11.8 Å². The molecule has 0 bridgehead atoms. The number of hydrogen-bond acceptors (Lipinski definition) is 4. The second-order valence-corrected chi connectivity index (χ2v) is 9.64. The molecule has 0 radical (unpaired) electrons. The van der Waals surface area contributed by atoms with Gasteiger partial charge in [-0.1, -0.05) is 24.3 Å². The van der Waals surface area contributed by atoms with Gasteiger partial charge in [-0.2, -0.15) is 0 Å². The van der Waals surface area contributed by atoms with Crippen LogP contribution in [0.4, 0.5) is 0 Å². The minimum absolute atomic E-state index is 0.156. The molecular weight excluding hydrogens is 404 g/mol. The molecule has 2 aliphatic carbocycles. The maximum atomic E-state index is 12.9. The van der Waals surface area contributed by atoms with Crippen molar-refractivity contribution in [2.45, 2.75) is 57.0 Å². The highest BCUT2D eigenvalue weighted by molar-refractivity contribution is 5.90. The second kappa shape index (κ2) is 8.36. The zero-order valence-corrected chi connectivity index (χ0v) is 18.5. The summed E-state index contributed by atoms with van der Waals surface area (Å²) in [6.07, 6.45) is 7.20. The molecule has 2 saturated carbocycles. The number of carboxylic acids is 1. The third-order valence-electron chi connectivity index (χ3n) is 8.03. The van der Waals surface area contributed by atoms with Crippen molar-refractivity contribution in [3.63, 3.8) is 0 Å². The van der Waals surface area contributed by atoms with Crippen molar-refractivity contribution in [1.29, 1.82) is 0 Å². The van der Waals surface area contributed by atoms with Crippen LogP contribution < -0.4 is 4.74 Å². The molecule has 168 valence electrons. The van der Waals surface area contributed by atoms with Crippen molar-refractivity contribution in [3.8, 4) is 16.9 Å². The standard InChI is InChI=1S/C27H30O5/c1-31-23-9-8-19(26(29)30)15-21(23)17-4-6-18(7-5-17)22-11-13-27(22)12-10-20(16-27)25(28)24-3-2-14-32-24/h4-9,15,20,22,24H,2-3,10-14,16H2,1H3,(H,29,30)/t20?,22-,24-,27+/m1/s1. The van der Waals surface area contributed by atoms with Crippen LogP contribution >= 0.6 is 0 Å². The summed E-state index contributed by atoms with van der Waals surface area (Å²) < 4.78 is 11.1. The molecule has 0 aromatic heterocycles. The third kappa shape index (κ3) is 3.62. The average Bonchev–Trinajstić information content (AvgIpc) is 3.50. The molecule has 2 aromatic rings. The molecule has 5 heteroatoms. The maximum absolute atomic E-state index is 12.9. The van der Waals surface area contributed by atoms with Gasteiger partial charge in [-0.3, -0.25) is 4.79 Å². The fourth-order valence-electron chi connectivity index (χ4n) is 6.19. The van der Waals surface area contributed by atoms with Gasteiger partial charge in [-0.05, 0) is 85.6 Å². The molecule has 1 aliphatic heterocycles. The van der Waals surface area contributed by atoms with Gasteiger partial charge in [0.25, 0.3) is 0 Å². The zero-order chi connectivity index (χ0) is 22.3. The third-order valence-corrected chi connectivity index (χ3v) is 8.03. The van der Waals surface area contributed by atoms with Crippen molar-refractivity contribution in [1.82, 2.24) is 0 Å². The molecule has 2 aromatic carbocycles. The molecule has 1 heterocycles. The van der Waals surface area contributed by atoms with E-state index in [0.717, 1.165) is 56.3 Å². The summed E-state index contributed by atoms with van der Waals surface area (Å²) in [4.78, 5) is 24.3. The van der Waals surface area contributed by atoms with Crippen LogP contribution in [-0.4, -0.2) is 36.7 Å². The molecule has 5 nitrogen and oxygen atoms in total. The molecule has 1 spiro atoms. The first-order valence-corrected chi connectivity index (χ1v) is 11.7. The molecule has 3 aliphatic rings. The van der Waals surface area contributed by atoms with Gasteiger partial charge in [0.15, 0.2) is 5.78 Å². The minimum atomic E-state index is -0.949. The highest BCUT2D eigenvalue weighted by atomic mass is 16.5. The lowest BCUT2D eigenvalue weighted by molar-refractivity contribution is -0.132. The Bertz CT molecular complexity index is 1020. The van der Waals surface area contributed by atoms with Gasteiger partial charge in [0, 0.05) is 18.1 Å². The highest BCUT2D eigenvalue weighted by Crippen LogP contribution is 2.63. The summed E-state index contributed by atoms with van der Waals surface area (Å²) in [5.74, 6) is 0.699. The molecular formula is C27H30O5. The molecule has 5 rings (SSSR count). The Labute approximate surface area is 188 Å². The van der Waals surface area contributed by atoms with E-state index in [1.54, 1.807) is 25.3 Å². The monoisotopic (exact) mass is 434 g/mol. The first-order chi connectivity index (χ1) is 15.5. The lowest BCUT2D eigenvalue weighted by Gasteiger charge is -2.48. The number of carbonyl (C=O) groups excluding carboxylic acids is 1. The van der Waals surface area contributed by atoms with Gasteiger partial charge in [-0.25, -0.2) is 4.79 Å². The van der Waals surface area contributed by atoms with E-state index < -0.39 is 5.97 Å². The number of carbonyl (C=O) groups is 2. The normalized spacial score (nSPS) is 29.1. The number of Topliss-reactive ketones (excluding diaryl/α,β-unsaturated/α-hetero) is 1. The van der Waals surface area contributed by atoms with E-state index in [4.69, 9.17) is 9.47 Å². The molecule has 3 fully saturated rings. The maximum Gasteiger partial charge on any atom is 0.335 e. The van der Waals surface area contributed by atoms with Gasteiger partial charge >= 0.3 is 5.97 Å². The highest BCUT2D eigenvalue weighted by Gasteiger charge is 2.53. The van der Waals surface area contributed by atoms with E-state index in [9.17, 15) is 14.7 Å². The largest absolute Gasteiger partial charge is 0.496 e. The SMILES string of the molecule is COc1ccc(C(=O)O)cc1-c1ccc([C@H]2CC[C@]23CCC(C(=O)[C@H]2CCCO2)C3)cc1. The van der Waals surface area contributed by atoms with E-state index in [0.29, 0.717) is 17.5 Å². The number of ketones is 1. The molecule has 1 unspecified atom stereocenters. The van der Waals surface area contributed by atoms with Crippen LogP contribution in [-0.2, 0) is 9.53 Å². The average molecular weight is 435 g/mol. The van der Waals surface area contributed by atoms with Crippen molar-refractivity contribution < 1.29 is 24.2 Å². The van der Waals surface area contributed by atoms with Crippen molar-refractivity contribution in [2.75, 3.05) is 13.7 Å². The quantitative estimate of drug-likeness (QED) is 0.652. The Balaban J connectivity index is 1.33. The number of hydrogen-bond donors (Lipinski definition) is 1. The molecule has 1 saturated heterocycles. The van der Waals surface area contributed by atoms with Crippen molar-refractivity contribution in [3.05, 3.63) is 53.6 Å². The summed E-state index contributed by atoms with van der Waals surface area (Å²) in [6.45, 7) is 0.726. The van der Waals surface area contributed by atoms with E-state index in [1.807, 2.05) is 0 Å². The number of aromatic carboxylic acids is 1. The topological polar surface area (TPSA) is 72.8 Å². The van der Waals surface area contributed by atoms with Crippen LogP contribution in [0, 0.1) is 11.3 Å². The van der Waals surface area contributed by atoms with Crippen LogP contribution in [0.1, 0.15) is 66.8 Å². The van der Waals surface area contributed by atoms with Crippen LogP contribution in [0.2, 0.25) is 0 Å². The van der Waals surface area contributed by atoms with Gasteiger partial charge in [0.1, 0.15) is 11.9 Å². The predicted octanol–water partition coefficient (Wildman–Crippen LogP) is 5.47. The Morgan fingerprint density at radius 3 is 2.47 bits per heavy atom. The number of rotatable bonds is 6. The number of benzene rings is 2. The van der Waals surface area contributed by atoms with Crippen LogP contribution in [0.5, 0.6) is 5.75 Å². The minimum Gasteiger partial charge on any atom is -0.496 e. The number of carboxylic acid groups (broad SMARTS) is 1. The summed E-state index contributed by atoms with van der Waals surface area (Å²) in [5, 5.41) is 9.35. The Kier molecular flexibility index (Phi) is 5.54. The van der Waals surface area contributed by atoms with Gasteiger partial charge in [-0.15, -0.1) is 0 Å². The summed E-state index contributed by atoms with van der Waals surface area (Å²) in [6, 6.07) is 13.4. The summed E-state index contributed by atoms with van der Waals surface area (Å²) in [7, 11) is 1.60. The van der Waals surface area contributed by atoms with E-state index in [-0.39, 0.29) is 23.0 Å². The number of methoxy groups -OCH3 is 1. The van der Waals surface area contributed by atoms with Gasteiger partial charge in [0.05, 0.1) is 12.7 Å². The van der Waals surface area contributed by atoms with E-state index in [2.05, 4.69) is 24.3 Å². The lowest BCUT2D eigenvalue weighted by atomic mass is 9.56. The Hall–Kier alpha value is -2.66. The summed E-state index contributed by atoms with van der Waals surface area (Å²) in [5.41, 5.74) is 3.54.